The molecule has 15 aromatic rings. The van der Waals surface area contributed by atoms with E-state index in [0.717, 1.165) is 99.8 Å². The molecule has 0 atom stereocenters. The molecule has 0 unspecified atom stereocenters. The molecule has 0 radical (unpaired) electrons. The molecule has 8 aromatic carbocycles. The Morgan fingerprint density at radius 1 is 0.303 bits per heavy atom. The van der Waals surface area contributed by atoms with Gasteiger partial charge in [0.25, 0.3) is 0 Å². The zero-order valence-electron chi connectivity index (χ0n) is 92.5. The van der Waals surface area contributed by atoms with Crippen LogP contribution in [0.15, 0.2) is 139 Å². The number of aromatic nitrogens is 7. The van der Waals surface area contributed by atoms with Gasteiger partial charge in [-0.1, -0.05) is 28.8 Å². The third kappa shape index (κ3) is 28.6. The molecule has 145 heavy (non-hydrogen) atoms. The fourth-order valence-electron chi connectivity index (χ4n) is 16.9. The number of nitrogens with zero attached hydrogens (tertiary/aromatic N) is 7. The molecule has 16 rings (SSSR count). The summed E-state index contributed by atoms with van der Waals surface area (Å²) < 4.78 is 143. The van der Waals surface area contributed by atoms with Crippen LogP contribution in [0, 0.1) is 90.3 Å². The predicted molar refractivity (Wildman–Crippen MR) is 581 cm³/mol. The van der Waals surface area contributed by atoms with Crippen molar-refractivity contribution in [2.75, 3.05) is 0 Å². The highest BCUT2D eigenvalue weighted by atomic mass is 35.5. The number of hydrogen-bond donors (Lipinski definition) is 0. The maximum Gasteiger partial charge on any atom is 0.228 e. The fraction of sp³-hybridized carbons (Fsp3) is 0.424. The Labute approximate surface area is 860 Å². The Balaban J connectivity index is 0.000000185. The second kappa shape index (κ2) is 44.1. The summed E-state index contributed by atoms with van der Waals surface area (Å²) in [5.41, 5.74) is 13.6. The van der Waals surface area contributed by atoms with Gasteiger partial charge in [0.1, 0.15) is 73.6 Å². The van der Waals surface area contributed by atoms with Crippen LogP contribution in [0.2, 0.25) is 10.0 Å². The first-order chi connectivity index (χ1) is 66.4. The molecule has 7 heterocycles. The zero-order valence-corrected chi connectivity index (χ0v) is 94.0. The highest BCUT2D eigenvalue weighted by Gasteiger charge is 2.32. The fourth-order valence-corrected chi connectivity index (χ4v) is 17.4. The summed E-state index contributed by atoms with van der Waals surface area (Å²) in [6, 6.07) is 38.0. The Kier molecular flexibility index (Phi) is 35.3. The van der Waals surface area contributed by atoms with E-state index in [1.807, 2.05) is 219 Å². The molecule has 0 N–H and O–H groups in total. The molecule has 1 aliphatic rings. The molecule has 0 saturated carbocycles. The third-order valence-electron chi connectivity index (χ3n) is 23.0. The summed E-state index contributed by atoms with van der Waals surface area (Å²) >= 11 is 12.8. The number of carbonyl (C=O) groups is 4. The average molecular weight is 2040 g/mol. The SMILES string of the molecule is CC(=O)n1c(C)cc2c(C)c(OC(C)(C)C)ccc21.CC(=O)n1c(C)cc2c(Cl)c(OC(C)(C)C)ccc21.CC(=O)n1c(C)cc2c(F)c(OC(C)(C)C)cc(F)c21.CC(=O)n1ccc2c(F)c(OC(C)(C)C)ccc21.CC1=C(C)c2c(cc(F)c(OC(C)(C)C)c2F)C1.Cc1c(OC(C)(C)C)ccc2c1cc(C)n2C.Cc1cc2c(Cl)c(OC(C)(C)C)ccc2n1C.Cc1cc2cc(OC(C)(C)C)cc(F)c2n1C. The van der Waals surface area contributed by atoms with Gasteiger partial charge < -0.3 is 51.6 Å². The summed E-state index contributed by atoms with van der Waals surface area (Å²) in [4.78, 5) is 46.3. The second-order valence-corrected chi connectivity index (χ2v) is 45.7. The van der Waals surface area contributed by atoms with Gasteiger partial charge in [-0.3, -0.25) is 37.4 Å². The summed E-state index contributed by atoms with van der Waals surface area (Å²) in [6.45, 7) is 71.8. The van der Waals surface area contributed by atoms with Gasteiger partial charge in [0, 0.05) is 167 Å². The minimum Gasteiger partial charge on any atom is -0.488 e. The van der Waals surface area contributed by atoms with Crippen molar-refractivity contribution in [1.29, 1.82) is 0 Å². The Morgan fingerprint density at radius 2 is 0.648 bits per heavy atom. The molecule has 27 heteroatoms. The molecule has 7 aromatic heterocycles. The Hall–Kier alpha value is -12.5. The lowest BCUT2D eigenvalue weighted by Gasteiger charge is -2.23. The number of aryl methyl sites for hydroxylation is 11. The van der Waals surface area contributed by atoms with Crippen molar-refractivity contribution in [2.24, 2.45) is 21.1 Å². The molecular weight excluding hydrogens is 1890 g/mol. The number of halogens is 8. The van der Waals surface area contributed by atoms with Crippen molar-refractivity contribution in [3.05, 3.63) is 241 Å². The van der Waals surface area contributed by atoms with E-state index in [-0.39, 0.29) is 85.6 Å². The second-order valence-electron chi connectivity index (χ2n) is 44.9. The van der Waals surface area contributed by atoms with E-state index < -0.39 is 45.9 Å². The van der Waals surface area contributed by atoms with Crippen LogP contribution in [0.1, 0.15) is 283 Å². The molecule has 0 saturated heterocycles. The lowest BCUT2D eigenvalue weighted by molar-refractivity contribution is 0.0930. The van der Waals surface area contributed by atoms with Crippen LogP contribution in [0.3, 0.4) is 0 Å². The minimum atomic E-state index is -0.677. The monoisotopic (exact) mass is 2040 g/mol. The zero-order chi connectivity index (χ0) is 110. The number of rotatable bonds is 8. The van der Waals surface area contributed by atoms with E-state index >= 15 is 0 Å². The van der Waals surface area contributed by atoms with Gasteiger partial charge in [-0.15, -0.1) is 0 Å². The average Bonchev–Trinajstić information content (AvgIpc) is 1.69. The molecular formula is C118H147Cl2F6N7O12. The molecule has 0 amide bonds. The molecule has 782 valence electrons. The maximum absolute atomic E-state index is 14.4. The largest absolute Gasteiger partial charge is 0.488 e. The number of hydrogen-bond acceptors (Lipinski definition) is 12. The first-order valence-electron chi connectivity index (χ1n) is 48.4. The lowest BCUT2D eigenvalue weighted by atomic mass is 10.0. The van der Waals surface area contributed by atoms with E-state index in [4.69, 9.17) is 61.1 Å². The van der Waals surface area contributed by atoms with Crippen molar-refractivity contribution < 1.29 is 83.4 Å². The van der Waals surface area contributed by atoms with Gasteiger partial charge in [-0.25, -0.2) is 26.3 Å². The van der Waals surface area contributed by atoms with Gasteiger partial charge in [0.2, 0.25) is 23.6 Å². The Morgan fingerprint density at radius 3 is 1.10 bits per heavy atom. The third-order valence-corrected chi connectivity index (χ3v) is 23.8. The van der Waals surface area contributed by atoms with Crippen LogP contribution in [0.5, 0.6) is 46.0 Å². The summed E-state index contributed by atoms with van der Waals surface area (Å²) in [7, 11) is 6.00. The molecule has 0 fully saturated rings. The van der Waals surface area contributed by atoms with E-state index in [1.54, 1.807) is 95.8 Å². The number of allylic oxidation sites excluding steroid dienone is 2. The lowest BCUT2D eigenvalue weighted by Crippen LogP contribution is -2.24. The van der Waals surface area contributed by atoms with Crippen LogP contribution < -0.4 is 37.9 Å². The van der Waals surface area contributed by atoms with Gasteiger partial charge in [0.15, 0.2) is 52.2 Å². The molecule has 19 nitrogen and oxygen atoms in total. The standard InChI is InChI=1S/C16H21NO2.C15H18ClNO2.C15H17F2NO2.C15H18F2O.C15H21NO.C14H18ClNO.C14H16FNO2.C14H18FNO/c1-10-9-13-11(2)15(19-16(4,5)6)8-7-14(13)17(10)12(3)18;1-9-8-11-12(17(9)10(2)18)6-7-13(14(11)16)19-15(3,4)5;1-8-6-10-13(17)12(20-15(3,4)5)7-11(16)14(10)18(8)9(2)19;1-8-6-10-7-11(16)14(18-15(3,4)5)13(17)12(10)9(8)2;1-10-9-12-11(2)14(17-15(3,4)5)8-7-13(12)16(10)6;1-9-8-10-11(16(9)5)6-7-12(13(10)15)17-14(2,3)4;1-9(17)16-8-7-10-11(16)5-6-12(13(10)15)18-14(2,3)4;1-9-6-10-7-11(17-14(2,3)4)8-12(15)13(10)16(9)5/h7-9H,1-6H3;6-8H,1-5H3;6-7H,1-5H3;7H,6H2,1-5H3;7-9H,1-6H3;6-8H,1-5H3;5-8H,1-4H3;6-8H,1-5H3. The van der Waals surface area contributed by atoms with Gasteiger partial charge in [-0.2, -0.15) is 0 Å². The van der Waals surface area contributed by atoms with Crippen molar-refractivity contribution >= 4 is 129 Å². The van der Waals surface area contributed by atoms with E-state index in [2.05, 4.69) is 88.1 Å². The van der Waals surface area contributed by atoms with Crippen LogP contribution >= 0.6 is 23.2 Å². The van der Waals surface area contributed by atoms with Crippen LogP contribution in [0.4, 0.5) is 26.3 Å². The van der Waals surface area contributed by atoms with Crippen molar-refractivity contribution in [1.82, 2.24) is 32.0 Å². The normalized spacial score (nSPS) is 12.4. The van der Waals surface area contributed by atoms with Crippen molar-refractivity contribution in [3.63, 3.8) is 0 Å². The van der Waals surface area contributed by atoms with Crippen LogP contribution in [0.25, 0.3) is 81.9 Å². The topological polar surface area (TPSA) is 177 Å². The molecule has 0 bridgehead atoms. The highest BCUT2D eigenvalue weighted by Crippen LogP contribution is 2.44. The number of ether oxygens (including phenoxy) is 8. The summed E-state index contributed by atoms with van der Waals surface area (Å²) in [5.74, 6) is -0.0708. The minimum absolute atomic E-state index is 0.0203. The highest BCUT2D eigenvalue weighted by molar-refractivity contribution is 6.37. The predicted octanol–water partition coefficient (Wildman–Crippen LogP) is 32.8. The number of benzene rings is 8. The first kappa shape index (κ1) is 116. The summed E-state index contributed by atoms with van der Waals surface area (Å²) in [6.07, 6.45) is 2.18. The van der Waals surface area contributed by atoms with E-state index in [0.29, 0.717) is 61.2 Å². The van der Waals surface area contributed by atoms with Gasteiger partial charge >= 0.3 is 0 Å². The maximum atomic E-state index is 14.4. The van der Waals surface area contributed by atoms with E-state index in [9.17, 15) is 45.5 Å². The first-order valence-corrected chi connectivity index (χ1v) is 49.2. The van der Waals surface area contributed by atoms with Crippen molar-refractivity contribution in [3.8, 4) is 46.0 Å². The molecule has 1 aliphatic carbocycles. The molecule has 0 spiro atoms. The van der Waals surface area contributed by atoms with Crippen LogP contribution in [-0.2, 0) is 27.6 Å². The van der Waals surface area contributed by atoms with Gasteiger partial charge in [0.05, 0.1) is 37.6 Å². The number of fused-ring (bicyclic) bond motifs is 8. The van der Waals surface area contributed by atoms with Crippen LogP contribution in [-0.4, -0.2) is 100 Å². The van der Waals surface area contributed by atoms with Crippen molar-refractivity contribution in [2.45, 2.75) is 314 Å². The van der Waals surface area contributed by atoms with Gasteiger partial charge in [-0.05, 0) is 368 Å². The van der Waals surface area contributed by atoms with E-state index in [1.165, 1.54) is 64.5 Å². The number of carbonyl (C=O) groups excluding carboxylic acids is 4. The molecule has 0 aliphatic heterocycles. The Bertz CT molecular complexity index is 7240. The quantitative estimate of drug-likeness (QED) is 0.132. The summed E-state index contributed by atoms with van der Waals surface area (Å²) in [5, 5.41) is 6.83. The smallest absolute Gasteiger partial charge is 0.228 e.